The maximum atomic E-state index is 13.3. The van der Waals surface area contributed by atoms with Gasteiger partial charge in [0.05, 0.1) is 11.0 Å². The summed E-state index contributed by atoms with van der Waals surface area (Å²) in [5.74, 6) is -0.557. The molecule has 1 aliphatic rings. The van der Waals surface area contributed by atoms with Crippen molar-refractivity contribution in [2.45, 2.75) is 56.1 Å². The van der Waals surface area contributed by atoms with E-state index in [9.17, 15) is 17.9 Å². The summed E-state index contributed by atoms with van der Waals surface area (Å²) in [5.41, 5.74) is 0. The summed E-state index contributed by atoms with van der Waals surface area (Å²) < 4.78 is 40.3. The van der Waals surface area contributed by atoms with E-state index >= 15 is 0 Å². The van der Waals surface area contributed by atoms with E-state index in [4.69, 9.17) is 0 Å². The molecule has 1 aliphatic heterocycles. The third-order valence-electron chi connectivity index (χ3n) is 3.84. The van der Waals surface area contributed by atoms with Crippen LogP contribution in [0.4, 0.5) is 4.39 Å². The van der Waals surface area contributed by atoms with Gasteiger partial charge in [0.15, 0.2) is 0 Å². The highest BCUT2D eigenvalue weighted by atomic mass is 32.2. The Morgan fingerprint density at radius 1 is 1.38 bits per heavy atom. The van der Waals surface area contributed by atoms with E-state index < -0.39 is 21.9 Å². The molecule has 1 N–H and O–H groups in total. The fraction of sp³-hybridized carbons (Fsp3) is 0.600. The molecule has 6 heteroatoms. The van der Waals surface area contributed by atoms with Gasteiger partial charge in [0, 0.05) is 12.6 Å². The maximum Gasteiger partial charge on any atom is 0.243 e. The van der Waals surface area contributed by atoms with Gasteiger partial charge in [-0.25, -0.2) is 12.8 Å². The van der Waals surface area contributed by atoms with Gasteiger partial charge in [0.1, 0.15) is 5.82 Å². The Morgan fingerprint density at radius 2 is 2.14 bits per heavy atom. The van der Waals surface area contributed by atoms with Gasteiger partial charge in [0.2, 0.25) is 10.0 Å². The second-order valence-electron chi connectivity index (χ2n) is 5.66. The van der Waals surface area contributed by atoms with Crippen molar-refractivity contribution in [1.82, 2.24) is 4.31 Å². The Kier molecular flexibility index (Phi) is 5.35. The van der Waals surface area contributed by atoms with Crippen LogP contribution in [0.3, 0.4) is 0 Å². The van der Waals surface area contributed by atoms with E-state index in [0.717, 1.165) is 31.7 Å². The van der Waals surface area contributed by atoms with Crippen LogP contribution in [-0.2, 0) is 10.0 Å². The highest BCUT2D eigenvalue weighted by Crippen LogP contribution is 2.27. The average Bonchev–Trinajstić information content (AvgIpc) is 2.64. The Morgan fingerprint density at radius 3 is 2.81 bits per heavy atom. The molecule has 1 aromatic carbocycles. The summed E-state index contributed by atoms with van der Waals surface area (Å²) in [6.45, 7) is 2.09. The monoisotopic (exact) mass is 315 g/mol. The van der Waals surface area contributed by atoms with Gasteiger partial charge in [-0.2, -0.15) is 4.31 Å². The second-order valence-corrected chi connectivity index (χ2v) is 7.55. The molecule has 0 saturated carbocycles. The molecule has 118 valence electrons. The molecule has 0 bridgehead atoms. The topological polar surface area (TPSA) is 57.6 Å². The highest BCUT2D eigenvalue weighted by Gasteiger charge is 2.33. The van der Waals surface area contributed by atoms with Crippen LogP contribution < -0.4 is 0 Å². The van der Waals surface area contributed by atoms with Crippen molar-refractivity contribution in [1.29, 1.82) is 0 Å². The lowest BCUT2D eigenvalue weighted by molar-refractivity contribution is 0.147. The quantitative estimate of drug-likeness (QED) is 0.929. The number of hydrogen-bond donors (Lipinski definition) is 1. The van der Waals surface area contributed by atoms with Crippen LogP contribution in [0.15, 0.2) is 29.2 Å². The van der Waals surface area contributed by atoms with Crippen molar-refractivity contribution in [2.75, 3.05) is 6.54 Å². The molecule has 0 spiro atoms. The second kappa shape index (κ2) is 6.85. The van der Waals surface area contributed by atoms with Gasteiger partial charge in [-0.15, -0.1) is 0 Å². The summed E-state index contributed by atoms with van der Waals surface area (Å²) in [6.07, 6.45) is 3.31. The van der Waals surface area contributed by atoms with E-state index in [1.165, 1.54) is 22.5 Å². The predicted molar refractivity (Wildman–Crippen MR) is 78.8 cm³/mol. The standard InChI is InChI=1S/C15H22FNO3S/c1-12(18)10-14-7-3-2-4-9-17(14)21(19,20)15-8-5-6-13(16)11-15/h5-6,8,11-12,14,18H,2-4,7,9-10H2,1H3. The van der Waals surface area contributed by atoms with Crippen molar-refractivity contribution < 1.29 is 17.9 Å². The van der Waals surface area contributed by atoms with Gasteiger partial charge < -0.3 is 5.11 Å². The smallest absolute Gasteiger partial charge is 0.243 e. The van der Waals surface area contributed by atoms with Gasteiger partial charge in [0.25, 0.3) is 0 Å². The molecule has 1 aromatic rings. The molecular weight excluding hydrogens is 293 g/mol. The molecule has 0 amide bonds. The van der Waals surface area contributed by atoms with Crippen LogP contribution in [0, 0.1) is 5.82 Å². The molecule has 4 nitrogen and oxygen atoms in total. The first-order valence-electron chi connectivity index (χ1n) is 7.37. The van der Waals surface area contributed by atoms with Crippen molar-refractivity contribution >= 4 is 10.0 Å². The Labute approximate surface area is 125 Å². The van der Waals surface area contributed by atoms with Crippen molar-refractivity contribution in [3.63, 3.8) is 0 Å². The lowest BCUT2D eigenvalue weighted by Gasteiger charge is -2.30. The number of rotatable bonds is 4. The summed E-state index contributed by atoms with van der Waals surface area (Å²) in [7, 11) is -3.72. The molecule has 1 saturated heterocycles. The van der Waals surface area contributed by atoms with E-state index in [1.807, 2.05) is 0 Å². The van der Waals surface area contributed by atoms with E-state index in [1.54, 1.807) is 6.92 Å². The van der Waals surface area contributed by atoms with Crippen LogP contribution in [-0.4, -0.2) is 36.5 Å². The molecular formula is C15H22FNO3S. The zero-order valence-corrected chi connectivity index (χ0v) is 13.0. The summed E-state index contributed by atoms with van der Waals surface area (Å²) in [5, 5.41) is 9.61. The number of aliphatic hydroxyl groups is 1. The third-order valence-corrected chi connectivity index (χ3v) is 5.79. The lowest BCUT2D eigenvalue weighted by atomic mass is 10.1. The van der Waals surface area contributed by atoms with Gasteiger partial charge >= 0.3 is 0 Å². The SMILES string of the molecule is CC(O)CC1CCCCCN1S(=O)(=O)c1cccc(F)c1. The minimum absolute atomic E-state index is 0.0139. The number of benzene rings is 1. The van der Waals surface area contributed by atoms with Gasteiger partial charge in [-0.3, -0.25) is 0 Å². The fourth-order valence-corrected chi connectivity index (χ4v) is 4.60. The normalized spacial score (nSPS) is 22.7. The average molecular weight is 315 g/mol. The molecule has 1 heterocycles. The largest absolute Gasteiger partial charge is 0.393 e. The predicted octanol–water partition coefficient (Wildman–Crippen LogP) is 2.53. The van der Waals surface area contributed by atoms with Gasteiger partial charge in [-0.1, -0.05) is 18.9 Å². The van der Waals surface area contributed by atoms with Crippen LogP contribution in [0.5, 0.6) is 0 Å². The van der Waals surface area contributed by atoms with Crippen LogP contribution in [0.25, 0.3) is 0 Å². The summed E-state index contributed by atoms with van der Waals surface area (Å²) in [6, 6.07) is 4.89. The van der Waals surface area contributed by atoms with E-state index in [-0.39, 0.29) is 10.9 Å². The molecule has 2 rings (SSSR count). The number of nitrogens with zero attached hydrogens (tertiary/aromatic N) is 1. The zero-order valence-electron chi connectivity index (χ0n) is 12.2. The lowest BCUT2D eigenvalue weighted by Crippen LogP contribution is -2.41. The van der Waals surface area contributed by atoms with Gasteiger partial charge in [-0.05, 0) is 44.4 Å². The first-order chi connectivity index (χ1) is 9.91. The Balaban J connectivity index is 2.34. The number of hydrogen-bond acceptors (Lipinski definition) is 3. The molecule has 2 unspecified atom stereocenters. The third kappa shape index (κ3) is 4.02. The summed E-state index contributed by atoms with van der Waals surface area (Å²) >= 11 is 0. The number of halogens is 1. The fourth-order valence-electron chi connectivity index (χ4n) is 2.86. The number of sulfonamides is 1. The first kappa shape index (κ1) is 16.4. The molecule has 0 aliphatic carbocycles. The number of aliphatic hydroxyl groups excluding tert-OH is 1. The maximum absolute atomic E-state index is 13.3. The van der Waals surface area contributed by atoms with Crippen LogP contribution in [0.2, 0.25) is 0 Å². The Hall–Kier alpha value is -0.980. The van der Waals surface area contributed by atoms with Crippen LogP contribution >= 0.6 is 0 Å². The Bertz CT molecular complexity index is 574. The zero-order chi connectivity index (χ0) is 15.5. The van der Waals surface area contributed by atoms with E-state index in [2.05, 4.69) is 0 Å². The van der Waals surface area contributed by atoms with Crippen molar-refractivity contribution in [3.8, 4) is 0 Å². The van der Waals surface area contributed by atoms with E-state index in [0.29, 0.717) is 13.0 Å². The minimum Gasteiger partial charge on any atom is -0.393 e. The first-order valence-corrected chi connectivity index (χ1v) is 8.81. The highest BCUT2D eigenvalue weighted by molar-refractivity contribution is 7.89. The molecule has 2 atom stereocenters. The molecule has 21 heavy (non-hydrogen) atoms. The molecule has 1 fully saturated rings. The molecule has 0 aromatic heterocycles. The van der Waals surface area contributed by atoms with Crippen molar-refractivity contribution in [3.05, 3.63) is 30.1 Å². The minimum atomic E-state index is -3.72. The summed E-state index contributed by atoms with van der Waals surface area (Å²) in [4.78, 5) is -0.0139. The molecule has 0 radical (unpaired) electrons. The van der Waals surface area contributed by atoms with Crippen LogP contribution in [0.1, 0.15) is 39.0 Å². The van der Waals surface area contributed by atoms with Crippen molar-refractivity contribution in [2.24, 2.45) is 0 Å².